The lowest BCUT2D eigenvalue weighted by Gasteiger charge is -2.32. The third-order valence-electron chi connectivity index (χ3n) is 1.97. The summed E-state index contributed by atoms with van der Waals surface area (Å²) in [5.74, 6) is 5.59. The predicted molar refractivity (Wildman–Crippen MR) is 47.2 cm³/mol. The van der Waals surface area contributed by atoms with Crippen LogP contribution in [0.15, 0.2) is 12.2 Å². The number of amides is 1. The smallest absolute Gasteiger partial charge is 0.248 e. The molecule has 1 amide bonds. The second-order valence-corrected chi connectivity index (χ2v) is 3.11. The Balaban J connectivity index is 2.44. The van der Waals surface area contributed by atoms with Gasteiger partial charge in [0.1, 0.15) is 0 Å². The number of carbonyl (C=O) groups excluding carboxylic acids is 1. The van der Waals surface area contributed by atoms with E-state index in [1.807, 2.05) is 0 Å². The fourth-order valence-corrected chi connectivity index (χ4v) is 1.19. The zero-order chi connectivity index (χ0) is 9.14. The molecule has 0 spiro atoms. The van der Waals surface area contributed by atoms with Gasteiger partial charge >= 0.3 is 0 Å². The van der Waals surface area contributed by atoms with Gasteiger partial charge in [-0.3, -0.25) is 10.6 Å². The molecule has 1 aliphatic rings. The molecule has 1 rings (SSSR count). The molecule has 0 unspecified atom stereocenters. The summed E-state index contributed by atoms with van der Waals surface area (Å²) in [5.41, 5.74) is 0.598. The number of nitrogens with zero attached hydrogens (tertiary/aromatic N) is 2. The fourth-order valence-electron chi connectivity index (χ4n) is 1.19. The van der Waals surface area contributed by atoms with E-state index in [0.717, 1.165) is 13.1 Å². The summed E-state index contributed by atoms with van der Waals surface area (Å²) in [4.78, 5) is 13.2. The van der Waals surface area contributed by atoms with Gasteiger partial charge in [-0.2, -0.15) is 0 Å². The summed E-state index contributed by atoms with van der Waals surface area (Å²) < 4.78 is 0. The largest absolute Gasteiger partial charge is 0.336 e. The third kappa shape index (κ3) is 2.06. The molecule has 68 valence electrons. The molecule has 1 fully saturated rings. The van der Waals surface area contributed by atoms with E-state index in [1.165, 1.54) is 0 Å². The maximum absolute atomic E-state index is 11.4. The average molecular weight is 169 g/mol. The van der Waals surface area contributed by atoms with Crippen molar-refractivity contribution in [2.45, 2.75) is 6.92 Å². The van der Waals surface area contributed by atoms with Crippen LogP contribution >= 0.6 is 0 Å². The standard InChI is InChI=1S/C8H15N3O/c1-7(2)8(12)10-3-5-11(9)6-4-10/h1,3-6,9H2,2H3. The van der Waals surface area contributed by atoms with E-state index in [4.69, 9.17) is 5.84 Å². The first-order valence-corrected chi connectivity index (χ1v) is 4.05. The summed E-state index contributed by atoms with van der Waals surface area (Å²) in [6.07, 6.45) is 0. The molecule has 0 saturated carbocycles. The number of hydrogen-bond donors (Lipinski definition) is 1. The van der Waals surface area contributed by atoms with Gasteiger partial charge < -0.3 is 4.90 Å². The second kappa shape index (κ2) is 3.69. The Hall–Kier alpha value is -0.870. The fraction of sp³-hybridized carbons (Fsp3) is 0.625. The summed E-state index contributed by atoms with van der Waals surface area (Å²) in [5, 5.41) is 1.72. The summed E-state index contributed by atoms with van der Waals surface area (Å²) in [6, 6.07) is 0. The predicted octanol–water partition coefficient (Wildman–Crippen LogP) is -0.420. The Labute approximate surface area is 72.6 Å². The molecule has 0 aromatic carbocycles. The molecule has 4 nitrogen and oxygen atoms in total. The Morgan fingerprint density at radius 2 is 1.83 bits per heavy atom. The van der Waals surface area contributed by atoms with Crippen molar-refractivity contribution in [3.8, 4) is 0 Å². The maximum Gasteiger partial charge on any atom is 0.248 e. The van der Waals surface area contributed by atoms with Gasteiger partial charge in [-0.25, -0.2) is 5.01 Å². The Bertz CT molecular complexity index is 194. The van der Waals surface area contributed by atoms with Crippen molar-refractivity contribution in [3.05, 3.63) is 12.2 Å². The van der Waals surface area contributed by atoms with Gasteiger partial charge in [-0.15, -0.1) is 0 Å². The SMILES string of the molecule is C=C(C)C(=O)N1CCN(N)CC1. The zero-order valence-corrected chi connectivity index (χ0v) is 7.42. The first-order valence-electron chi connectivity index (χ1n) is 4.05. The van der Waals surface area contributed by atoms with Gasteiger partial charge in [0.2, 0.25) is 5.91 Å². The van der Waals surface area contributed by atoms with Crippen molar-refractivity contribution >= 4 is 5.91 Å². The van der Waals surface area contributed by atoms with E-state index in [9.17, 15) is 4.79 Å². The monoisotopic (exact) mass is 169 g/mol. The topological polar surface area (TPSA) is 49.6 Å². The summed E-state index contributed by atoms with van der Waals surface area (Å²) in [6.45, 7) is 8.27. The first-order chi connectivity index (χ1) is 5.61. The van der Waals surface area contributed by atoms with Gasteiger partial charge in [-0.05, 0) is 6.92 Å². The van der Waals surface area contributed by atoms with Crippen molar-refractivity contribution in [2.24, 2.45) is 5.84 Å². The second-order valence-electron chi connectivity index (χ2n) is 3.11. The maximum atomic E-state index is 11.4. The van der Waals surface area contributed by atoms with Crippen LogP contribution in [-0.2, 0) is 4.79 Å². The zero-order valence-electron chi connectivity index (χ0n) is 7.42. The molecule has 0 aromatic heterocycles. The Morgan fingerprint density at radius 3 is 2.25 bits per heavy atom. The van der Waals surface area contributed by atoms with Crippen LogP contribution in [0.25, 0.3) is 0 Å². The van der Waals surface area contributed by atoms with Crippen molar-refractivity contribution in [2.75, 3.05) is 26.2 Å². The minimum absolute atomic E-state index is 0.0445. The Kier molecular flexibility index (Phi) is 2.83. The quantitative estimate of drug-likeness (QED) is 0.428. The molecule has 0 atom stereocenters. The number of rotatable bonds is 1. The minimum atomic E-state index is 0.0445. The van der Waals surface area contributed by atoms with E-state index in [0.29, 0.717) is 18.7 Å². The van der Waals surface area contributed by atoms with Crippen LogP contribution in [0.1, 0.15) is 6.92 Å². The van der Waals surface area contributed by atoms with Crippen LogP contribution in [0.5, 0.6) is 0 Å². The molecule has 0 radical (unpaired) electrons. The van der Waals surface area contributed by atoms with Gasteiger partial charge in [0, 0.05) is 31.8 Å². The molecular weight excluding hydrogens is 154 g/mol. The van der Waals surface area contributed by atoms with Crippen LogP contribution in [0.3, 0.4) is 0 Å². The van der Waals surface area contributed by atoms with Gasteiger partial charge in [-0.1, -0.05) is 6.58 Å². The third-order valence-corrected chi connectivity index (χ3v) is 1.97. The lowest BCUT2D eigenvalue weighted by molar-refractivity contribution is -0.128. The van der Waals surface area contributed by atoms with Gasteiger partial charge in [0.25, 0.3) is 0 Å². The molecule has 1 aliphatic heterocycles. The molecule has 0 aliphatic carbocycles. The lowest BCUT2D eigenvalue weighted by Crippen LogP contribution is -2.51. The number of hydrogen-bond acceptors (Lipinski definition) is 3. The van der Waals surface area contributed by atoms with Crippen LogP contribution in [-0.4, -0.2) is 42.0 Å². The highest BCUT2D eigenvalue weighted by Crippen LogP contribution is 2.02. The van der Waals surface area contributed by atoms with Crippen molar-refractivity contribution in [3.63, 3.8) is 0 Å². The number of carbonyl (C=O) groups is 1. The molecule has 1 saturated heterocycles. The Morgan fingerprint density at radius 1 is 1.33 bits per heavy atom. The molecule has 2 N–H and O–H groups in total. The van der Waals surface area contributed by atoms with E-state index >= 15 is 0 Å². The van der Waals surface area contributed by atoms with E-state index < -0.39 is 0 Å². The number of piperazine rings is 1. The van der Waals surface area contributed by atoms with Crippen LogP contribution < -0.4 is 5.84 Å². The summed E-state index contributed by atoms with van der Waals surface area (Å²) in [7, 11) is 0. The normalized spacial score (nSPS) is 19.3. The van der Waals surface area contributed by atoms with Crippen molar-refractivity contribution in [1.29, 1.82) is 0 Å². The van der Waals surface area contributed by atoms with E-state index in [1.54, 1.807) is 16.8 Å². The highest BCUT2D eigenvalue weighted by Gasteiger charge is 2.18. The highest BCUT2D eigenvalue weighted by molar-refractivity contribution is 5.92. The van der Waals surface area contributed by atoms with Crippen molar-refractivity contribution < 1.29 is 4.79 Å². The molecule has 12 heavy (non-hydrogen) atoms. The molecule has 0 bridgehead atoms. The van der Waals surface area contributed by atoms with E-state index in [-0.39, 0.29) is 5.91 Å². The van der Waals surface area contributed by atoms with Gasteiger partial charge in [0.05, 0.1) is 0 Å². The average Bonchev–Trinajstić information content (AvgIpc) is 2.04. The molecule has 4 heteroatoms. The first kappa shape index (κ1) is 9.22. The molecule has 0 aromatic rings. The van der Waals surface area contributed by atoms with E-state index in [2.05, 4.69) is 6.58 Å². The van der Waals surface area contributed by atoms with Gasteiger partial charge in [0.15, 0.2) is 0 Å². The minimum Gasteiger partial charge on any atom is -0.336 e. The lowest BCUT2D eigenvalue weighted by atomic mass is 10.2. The van der Waals surface area contributed by atoms with Crippen LogP contribution in [0.2, 0.25) is 0 Å². The summed E-state index contributed by atoms with van der Waals surface area (Å²) >= 11 is 0. The van der Waals surface area contributed by atoms with Crippen LogP contribution in [0, 0.1) is 0 Å². The number of hydrazine groups is 1. The van der Waals surface area contributed by atoms with Crippen molar-refractivity contribution in [1.82, 2.24) is 9.91 Å². The highest BCUT2D eigenvalue weighted by atomic mass is 16.2. The number of nitrogens with two attached hydrogens (primary N) is 1. The molecular formula is C8H15N3O. The van der Waals surface area contributed by atoms with Crippen LogP contribution in [0.4, 0.5) is 0 Å². The molecule has 1 heterocycles.